The van der Waals surface area contributed by atoms with Gasteiger partial charge in [-0.1, -0.05) is 19.1 Å². The molecule has 0 atom stereocenters. The summed E-state index contributed by atoms with van der Waals surface area (Å²) < 4.78 is 17.1. The number of halogens is 1. The molecule has 0 fully saturated rings. The average Bonchev–Trinajstić information content (AvgIpc) is 3.04. The molecule has 1 aromatic carbocycles. The first-order valence-corrected chi connectivity index (χ1v) is 9.97. The van der Waals surface area contributed by atoms with Crippen molar-refractivity contribution < 1.29 is 28.6 Å². The molecule has 6 nitrogen and oxygen atoms in total. The molecule has 27 heavy (non-hydrogen) atoms. The number of alkyl halides is 1. The van der Waals surface area contributed by atoms with Crippen LogP contribution in [0.25, 0.3) is 0 Å². The minimum absolute atomic E-state index is 0.0287. The van der Waals surface area contributed by atoms with E-state index < -0.39 is 12.8 Å². The number of thiophene rings is 1. The molecule has 144 valence electrons. The van der Waals surface area contributed by atoms with Crippen molar-refractivity contribution in [3.63, 3.8) is 0 Å². The molecule has 0 saturated carbocycles. The number of carbonyl (C=O) groups excluding carboxylic acids is 2. The van der Waals surface area contributed by atoms with Crippen molar-refractivity contribution in [2.24, 2.45) is 0 Å². The van der Waals surface area contributed by atoms with E-state index in [0.29, 0.717) is 22.5 Å². The first kappa shape index (κ1) is 20.9. The van der Waals surface area contributed by atoms with Gasteiger partial charge in [-0.3, -0.25) is 14.4 Å². The molecule has 9 heteroatoms. The summed E-state index contributed by atoms with van der Waals surface area (Å²) in [6.07, 6.45) is 0.694. The van der Waals surface area contributed by atoms with Crippen LogP contribution in [0.4, 0.5) is 9.39 Å². The number of ether oxygens (including phenoxy) is 1. The van der Waals surface area contributed by atoms with Gasteiger partial charge in [-0.2, -0.15) is 0 Å². The minimum atomic E-state index is -0.997. The largest absolute Gasteiger partial charge is 0.481 e. The molecule has 0 aliphatic rings. The molecule has 0 bridgehead atoms. The maximum atomic E-state index is 12.9. The van der Waals surface area contributed by atoms with Crippen LogP contribution in [-0.4, -0.2) is 41.1 Å². The summed E-state index contributed by atoms with van der Waals surface area (Å²) >= 11 is 2.27. The molecule has 1 amide bonds. The van der Waals surface area contributed by atoms with E-state index in [4.69, 9.17) is 9.84 Å². The van der Waals surface area contributed by atoms with Gasteiger partial charge in [0.05, 0.1) is 17.1 Å². The number of benzene rings is 1. The van der Waals surface area contributed by atoms with Crippen molar-refractivity contribution in [3.8, 4) is 5.75 Å². The van der Waals surface area contributed by atoms with Gasteiger partial charge < -0.3 is 15.2 Å². The monoisotopic (exact) mass is 411 g/mol. The number of thioether (sulfide) groups is 1. The zero-order chi connectivity index (χ0) is 19.8. The molecular weight excluding hydrogens is 393 g/mol. The number of rotatable bonds is 10. The third-order valence-corrected chi connectivity index (χ3v) is 5.52. The van der Waals surface area contributed by atoms with Gasteiger partial charge in [-0.05, 0) is 24.6 Å². The summed E-state index contributed by atoms with van der Waals surface area (Å²) in [5.74, 6) is -1.66. The van der Waals surface area contributed by atoms with E-state index in [1.165, 1.54) is 17.4 Å². The molecule has 0 saturated heterocycles. The minimum Gasteiger partial charge on any atom is -0.481 e. The van der Waals surface area contributed by atoms with Crippen LogP contribution in [0.15, 0.2) is 30.3 Å². The van der Waals surface area contributed by atoms with Crippen LogP contribution in [0.2, 0.25) is 0 Å². The number of hydrogen-bond acceptors (Lipinski definition) is 6. The Labute approximate surface area is 163 Å². The smallest absolute Gasteiger partial charge is 0.313 e. The van der Waals surface area contributed by atoms with Crippen molar-refractivity contribution in [2.45, 2.75) is 13.3 Å². The van der Waals surface area contributed by atoms with Crippen LogP contribution >= 0.6 is 23.1 Å². The van der Waals surface area contributed by atoms with Gasteiger partial charge in [-0.25, -0.2) is 4.39 Å². The summed E-state index contributed by atoms with van der Waals surface area (Å²) in [5, 5.41) is 11.7. The van der Waals surface area contributed by atoms with Gasteiger partial charge >= 0.3 is 5.97 Å². The molecule has 0 aliphatic carbocycles. The summed E-state index contributed by atoms with van der Waals surface area (Å²) in [5.41, 5.74) is 0.656. The highest BCUT2D eigenvalue weighted by atomic mass is 32.2. The van der Waals surface area contributed by atoms with Crippen LogP contribution in [0.3, 0.4) is 0 Å². The maximum Gasteiger partial charge on any atom is 0.313 e. The maximum absolute atomic E-state index is 12.9. The number of amides is 1. The predicted molar refractivity (Wildman–Crippen MR) is 104 cm³/mol. The fourth-order valence-electron chi connectivity index (χ4n) is 2.22. The number of aliphatic carboxylic acids is 1. The molecule has 0 spiro atoms. The van der Waals surface area contributed by atoms with Gasteiger partial charge in [0.1, 0.15) is 10.8 Å². The molecule has 2 N–H and O–H groups in total. The Morgan fingerprint density at radius 1 is 1.26 bits per heavy atom. The summed E-state index contributed by atoms with van der Waals surface area (Å²) in [4.78, 5) is 36.4. The number of carboxylic acid groups (broad SMARTS) is 1. The van der Waals surface area contributed by atoms with Gasteiger partial charge in [0.15, 0.2) is 5.78 Å². The SMILES string of the molecule is CCc1cc(C(=O)c2cccc(OCF)c2)c(NC(=O)CSCC(=O)O)s1. The van der Waals surface area contributed by atoms with Crippen molar-refractivity contribution in [1.82, 2.24) is 0 Å². The van der Waals surface area contributed by atoms with Gasteiger partial charge in [-0.15, -0.1) is 23.1 Å². The number of ketones is 1. The second kappa shape index (κ2) is 10.1. The lowest BCUT2D eigenvalue weighted by molar-refractivity contribution is -0.133. The van der Waals surface area contributed by atoms with E-state index in [-0.39, 0.29) is 28.9 Å². The molecule has 2 rings (SSSR count). The van der Waals surface area contributed by atoms with Crippen LogP contribution < -0.4 is 10.1 Å². The van der Waals surface area contributed by atoms with Gasteiger partial charge in [0, 0.05) is 10.4 Å². The van der Waals surface area contributed by atoms with Gasteiger partial charge in [0.25, 0.3) is 0 Å². The van der Waals surface area contributed by atoms with Crippen molar-refractivity contribution in [2.75, 3.05) is 23.7 Å². The highest BCUT2D eigenvalue weighted by Gasteiger charge is 2.19. The number of carbonyl (C=O) groups is 3. The first-order valence-electron chi connectivity index (χ1n) is 8.00. The number of hydrogen-bond donors (Lipinski definition) is 2. The average molecular weight is 411 g/mol. The van der Waals surface area contributed by atoms with E-state index in [1.54, 1.807) is 24.3 Å². The summed E-state index contributed by atoms with van der Waals surface area (Å²) in [6, 6.07) is 7.89. The first-order chi connectivity index (χ1) is 12.9. The van der Waals surface area contributed by atoms with Crippen LogP contribution in [0.1, 0.15) is 27.7 Å². The van der Waals surface area contributed by atoms with Crippen molar-refractivity contribution in [1.29, 1.82) is 0 Å². The Morgan fingerprint density at radius 3 is 2.70 bits per heavy atom. The molecule has 1 aromatic heterocycles. The molecule has 0 radical (unpaired) electrons. The number of aryl methyl sites for hydroxylation is 1. The van der Waals surface area contributed by atoms with Gasteiger partial charge in [0.2, 0.25) is 12.8 Å². The fourth-order valence-corrected chi connectivity index (χ4v) is 3.76. The quantitative estimate of drug-likeness (QED) is 0.581. The van der Waals surface area contributed by atoms with Crippen LogP contribution in [0.5, 0.6) is 5.75 Å². The van der Waals surface area contributed by atoms with E-state index in [9.17, 15) is 18.8 Å². The highest BCUT2D eigenvalue weighted by molar-refractivity contribution is 8.00. The molecule has 0 aliphatic heterocycles. The zero-order valence-electron chi connectivity index (χ0n) is 14.5. The zero-order valence-corrected chi connectivity index (χ0v) is 16.1. The lowest BCUT2D eigenvalue weighted by atomic mass is 10.0. The second-order valence-electron chi connectivity index (χ2n) is 5.35. The van der Waals surface area contributed by atoms with Crippen LogP contribution in [-0.2, 0) is 16.0 Å². The Kier molecular flexibility index (Phi) is 7.81. The van der Waals surface area contributed by atoms with E-state index >= 15 is 0 Å². The highest BCUT2D eigenvalue weighted by Crippen LogP contribution is 2.31. The Morgan fingerprint density at radius 2 is 2.04 bits per heavy atom. The second-order valence-corrected chi connectivity index (χ2v) is 7.48. The lowest BCUT2D eigenvalue weighted by Gasteiger charge is -2.07. The third-order valence-electron chi connectivity index (χ3n) is 3.41. The third kappa shape index (κ3) is 6.07. The molecule has 0 unspecified atom stereocenters. The fraction of sp³-hybridized carbons (Fsp3) is 0.278. The standard InChI is InChI=1S/C18H18FNO5S2/c1-2-13-7-14(17(24)11-4-3-5-12(6-11)25-10-19)18(27-13)20-15(21)8-26-9-16(22)23/h3-7H,2,8-10H2,1H3,(H,20,21)(H,22,23). The van der Waals surface area contributed by atoms with Crippen molar-refractivity contribution in [3.05, 3.63) is 46.3 Å². The number of carboxylic acids is 1. The summed E-state index contributed by atoms with van der Waals surface area (Å²) in [6.45, 7) is 0.940. The summed E-state index contributed by atoms with van der Waals surface area (Å²) in [7, 11) is 0. The predicted octanol–water partition coefficient (Wildman–Crippen LogP) is 3.60. The number of anilines is 1. The lowest BCUT2D eigenvalue weighted by Crippen LogP contribution is -2.16. The van der Waals surface area contributed by atoms with E-state index in [2.05, 4.69) is 5.32 Å². The Balaban J connectivity index is 2.19. The van der Waals surface area contributed by atoms with Crippen LogP contribution in [0, 0.1) is 0 Å². The normalized spacial score (nSPS) is 10.4. The van der Waals surface area contributed by atoms with Crippen molar-refractivity contribution >= 4 is 45.8 Å². The molecule has 2 aromatic rings. The topological polar surface area (TPSA) is 92.7 Å². The molecule has 1 heterocycles. The van der Waals surface area contributed by atoms with E-state index in [0.717, 1.165) is 16.6 Å². The Bertz CT molecular complexity index is 837. The Hall–Kier alpha value is -2.39. The van der Waals surface area contributed by atoms with E-state index in [1.807, 2.05) is 6.92 Å². The molecular formula is C18H18FNO5S2. The number of nitrogens with one attached hydrogen (secondary N) is 1.